The molecule has 0 radical (unpaired) electrons. The molecular formula is C59H110O12S. The molecule has 0 aromatic heterocycles. The average Bonchev–Trinajstić information content (AvgIpc) is 3.36. The SMILES string of the molecule is CCCCCCC/C=C\C/C=C\C/C=C\CCCCCCCCCCC(=O)OC(COCCCCCCCCCCCCCCCCCCCCCCCC)COC1OC(CO)C(O)C(OS(=O)(=O)O)C1O. The van der Waals surface area contributed by atoms with E-state index in [0.717, 1.165) is 57.8 Å². The first kappa shape index (κ1) is 68.3. The Kier molecular flexibility index (Phi) is 47.6. The summed E-state index contributed by atoms with van der Waals surface area (Å²) in [4.78, 5) is 13.0. The minimum Gasteiger partial charge on any atom is -0.457 e. The van der Waals surface area contributed by atoms with Gasteiger partial charge in [0.05, 0.1) is 19.8 Å². The fraction of sp³-hybridized carbons (Fsp3) is 0.881. The molecule has 13 heteroatoms. The van der Waals surface area contributed by atoms with Crippen LogP contribution in [0.5, 0.6) is 0 Å². The number of carbonyl (C=O) groups excluding carboxylic acids is 1. The second-order valence-electron chi connectivity index (χ2n) is 20.6. The Labute approximate surface area is 441 Å². The van der Waals surface area contributed by atoms with E-state index in [0.29, 0.717) is 13.0 Å². The Morgan fingerprint density at radius 1 is 0.528 bits per heavy atom. The molecule has 0 amide bonds. The van der Waals surface area contributed by atoms with Gasteiger partial charge in [0.25, 0.3) is 0 Å². The second kappa shape index (κ2) is 50.2. The van der Waals surface area contributed by atoms with E-state index in [1.54, 1.807) is 0 Å². The zero-order chi connectivity index (χ0) is 52.4. The quantitative estimate of drug-likeness (QED) is 0.0196. The molecule has 1 rings (SSSR count). The van der Waals surface area contributed by atoms with Crippen molar-refractivity contribution in [3.8, 4) is 0 Å². The molecule has 1 aliphatic heterocycles. The summed E-state index contributed by atoms with van der Waals surface area (Å²) in [6, 6.07) is 0. The van der Waals surface area contributed by atoms with Crippen LogP contribution in [0.2, 0.25) is 0 Å². The van der Waals surface area contributed by atoms with Gasteiger partial charge in [-0.3, -0.25) is 9.35 Å². The first-order valence-electron chi connectivity index (χ1n) is 29.7. The lowest BCUT2D eigenvalue weighted by molar-refractivity contribution is -0.301. The lowest BCUT2D eigenvalue weighted by atomic mass is 9.99. The second-order valence-corrected chi connectivity index (χ2v) is 21.6. The number of unbranched alkanes of at least 4 members (excludes halogenated alkanes) is 34. The molecule has 1 heterocycles. The van der Waals surface area contributed by atoms with Crippen LogP contribution in [-0.4, -0.2) is 97.5 Å². The Bertz CT molecular complexity index is 1390. The number of aliphatic hydroxyl groups is 3. The van der Waals surface area contributed by atoms with Crippen LogP contribution in [-0.2, 0) is 38.3 Å². The third-order valence-electron chi connectivity index (χ3n) is 13.8. The van der Waals surface area contributed by atoms with Crippen molar-refractivity contribution in [1.29, 1.82) is 0 Å². The van der Waals surface area contributed by atoms with Crippen LogP contribution in [0.3, 0.4) is 0 Å². The largest absolute Gasteiger partial charge is 0.457 e. The van der Waals surface area contributed by atoms with Gasteiger partial charge in [0.2, 0.25) is 0 Å². The molecule has 0 aromatic carbocycles. The maximum absolute atomic E-state index is 13.0. The monoisotopic (exact) mass is 1040 g/mol. The van der Waals surface area contributed by atoms with E-state index in [2.05, 4.69) is 54.5 Å². The van der Waals surface area contributed by atoms with Gasteiger partial charge in [-0.15, -0.1) is 0 Å². The van der Waals surface area contributed by atoms with E-state index in [9.17, 15) is 33.1 Å². The van der Waals surface area contributed by atoms with Crippen molar-refractivity contribution in [3.63, 3.8) is 0 Å². The molecule has 0 spiro atoms. The summed E-state index contributed by atoms with van der Waals surface area (Å²) in [5, 5.41) is 30.9. The van der Waals surface area contributed by atoms with E-state index >= 15 is 0 Å². The standard InChI is InChI=1S/C59H110O12S/c1-3-5-7-9-11-13-15-17-19-21-23-25-27-28-30-32-34-36-38-40-42-44-46-48-55(61)69-53(52-68-59-57(63)58(71-72(64,65)66)56(62)54(50-60)70-59)51-67-49-47-45-43-41-39-37-35-33-31-29-26-24-22-20-18-16-14-12-10-8-6-4-2/h15,17,21,23,27-28,53-54,56-60,62-63H,3-14,16,18-20,22,24-26,29-52H2,1-2H3,(H,64,65,66)/b17-15-,23-21-,28-27-. The minimum absolute atomic E-state index is 0.0366. The Morgan fingerprint density at radius 3 is 1.33 bits per heavy atom. The fourth-order valence-electron chi connectivity index (χ4n) is 9.27. The molecule has 0 bridgehead atoms. The topological polar surface area (TPSA) is 178 Å². The van der Waals surface area contributed by atoms with Crippen LogP contribution >= 0.6 is 0 Å². The van der Waals surface area contributed by atoms with E-state index in [-0.39, 0.29) is 19.6 Å². The summed E-state index contributed by atoms with van der Waals surface area (Å²) < 4.78 is 59.5. The Hall–Kier alpha value is -1.68. The molecule has 0 aliphatic carbocycles. The van der Waals surface area contributed by atoms with Crippen LogP contribution in [0, 0.1) is 0 Å². The highest BCUT2D eigenvalue weighted by Crippen LogP contribution is 2.26. The molecule has 72 heavy (non-hydrogen) atoms. The van der Waals surface area contributed by atoms with Gasteiger partial charge in [0.15, 0.2) is 6.29 Å². The van der Waals surface area contributed by atoms with Crippen molar-refractivity contribution in [2.24, 2.45) is 0 Å². The highest BCUT2D eigenvalue weighted by atomic mass is 32.3. The summed E-state index contributed by atoms with van der Waals surface area (Å²) in [7, 11) is -5.07. The minimum atomic E-state index is -5.07. The predicted molar refractivity (Wildman–Crippen MR) is 294 cm³/mol. The van der Waals surface area contributed by atoms with Gasteiger partial charge >= 0.3 is 16.4 Å². The van der Waals surface area contributed by atoms with Gasteiger partial charge in [-0.05, 0) is 51.4 Å². The van der Waals surface area contributed by atoms with E-state index in [4.69, 9.17) is 18.9 Å². The van der Waals surface area contributed by atoms with Crippen molar-refractivity contribution in [1.82, 2.24) is 0 Å². The maximum Gasteiger partial charge on any atom is 0.397 e. The molecule has 12 nitrogen and oxygen atoms in total. The van der Waals surface area contributed by atoms with Crippen LogP contribution in [0.25, 0.3) is 0 Å². The van der Waals surface area contributed by atoms with Gasteiger partial charge in [-0.2, -0.15) is 8.42 Å². The van der Waals surface area contributed by atoms with E-state index in [1.807, 2.05) is 0 Å². The molecule has 1 saturated heterocycles. The Balaban J connectivity index is 2.29. The molecule has 0 aromatic rings. The van der Waals surface area contributed by atoms with Crippen LogP contribution < -0.4 is 0 Å². The lowest BCUT2D eigenvalue weighted by Gasteiger charge is -2.41. The normalized spacial score (nSPS) is 19.1. The molecule has 1 aliphatic rings. The first-order chi connectivity index (χ1) is 35.1. The highest BCUT2D eigenvalue weighted by molar-refractivity contribution is 7.80. The molecule has 6 unspecified atom stereocenters. The first-order valence-corrected chi connectivity index (χ1v) is 31.1. The number of hydrogen-bond donors (Lipinski definition) is 4. The molecule has 424 valence electrons. The molecule has 1 fully saturated rings. The van der Waals surface area contributed by atoms with Crippen LogP contribution in [0.1, 0.15) is 271 Å². The van der Waals surface area contributed by atoms with Crippen LogP contribution in [0.15, 0.2) is 36.5 Å². The predicted octanol–water partition coefficient (Wildman–Crippen LogP) is 14.9. The summed E-state index contributed by atoms with van der Waals surface area (Å²) in [5.41, 5.74) is 0. The number of esters is 1. The molecule has 6 atom stereocenters. The third-order valence-corrected chi connectivity index (χ3v) is 14.2. The van der Waals surface area contributed by atoms with Gasteiger partial charge in [0, 0.05) is 13.0 Å². The van der Waals surface area contributed by atoms with Crippen LogP contribution in [0.4, 0.5) is 0 Å². The molecule has 4 N–H and O–H groups in total. The smallest absolute Gasteiger partial charge is 0.397 e. The highest BCUT2D eigenvalue weighted by Gasteiger charge is 2.48. The maximum atomic E-state index is 13.0. The number of aliphatic hydroxyl groups excluding tert-OH is 3. The van der Waals surface area contributed by atoms with Crippen molar-refractivity contribution in [3.05, 3.63) is 36.5 Å². The molecular weight excluding hydrogens is 933 g/mol. The fourth-order valence-corrected chi connectivity index (χ4v) is 9.78. The van der Waals surface area contributed by atoms with Gasteiger partial charge < -0.3 is 34.3 Å². The van der Waals surface area contributed by atoms with Gasteiger partial charge in [0.1, 0.15) is 30.5 Å². The summed E-state index contributed by atoms with van der Waals surface area (Å²) >= 11 is 0. The third kappa shape index (κ3) is 42.5. The van der Waals surface area contributed by atoms with Gasteiger partial charge in [-0.25, -0.2) is 4.18 Å². The number of ether oxygens (including phenoxy) is 4. The summed E-state index contributed by atoms with van der Waals surface area (Å²) in [6.07, 6.45) is 53.2. The Morgan fingerprint density at radius 2 is 0.917 bits per heavy atom. The zero-order valence-corrected chi connectivity index (χ0v) is 46.8. The number of allylic oxidation sites excluding steroid dienone is 6. The van der Waals surface area contributed by atoms with Crippen molar-refractivity contribution in [2.75, 3.05) is 26.4 Å². The van der Waals surface area contributed by atoms with Gasteiger partial charge in [-0.1, -0.05) is 249 Å². The number of hydrogen-bond acceptors (Lipinski definition) is 11. The zero-order valence-electron chi connectivity index (χ0n) is 46.0. The number of rotatable bonds is 53. The average molecular weight is 1040 g/mol. The number of carbonyl (C=O) groups is 1. The molecule has 0 saturated carbocycles. The lowest BCUT2D eigenvalue weighted by Crippen LogP contribution is -2.60. The van der Waals surface area contributed by atoms with Crippen molar-refractivity contribution < 1.29 is 56.2 Å². The van der Waals surface area contributed by atoms with E-state index < -0.39 is 59.8 Å². The summed E-state index contributed by atoms with van der Waals surface area (Å²) in [5.74, 6) is -0.401. The van der Waals surface area contributed by atoms with Crippen molar-refractivity contribution in [2.45, 2.75) is 307 Å². The summed E-state index contributed by atoms with van der Waals surface area (Å²) in [6.45, 7) is 4.03. The van der Waals surface area contributed by atoms with Crippen molar-refractivity contribution >= 4 is 16.4 Å². The van der Waals surface area contributed by atoms with E-state index in [1.165, 1.54) is 186 Å².